The first-order chi connectivity index (χ1) is 7.55. The molecule has 0 unspecified atom stereocenters. The van der Waals surface area contributed by atoms with Crippen LogP contribution in [0.25, 0.3) is 0 Å². The van der Waals surface area contributed by atoms with E-state index in [0.717, 1.165) is 22.1 Å². The van der Waals surface area contributed by atoms with Crippen LogP contribution < -0.4 is 0 Å². The molecular formula is C13H17Br2Cl. The van der Waals surface area contributed by atoms with E-state index in [9.17, 15) is 0 Å². The van der Waals surface area contributed by atoms with Gasteiger partial charge in [-0.1, -0.05) is 75.5 Å². The Hall–Kier alpha value is 0.470. The molecule has 1 rings (SSSR count). The number of benzene rings is 1. The first-order valence-corrected chi connectivity index (χ1v) is 8.03. The van der Waals surface area contributed by atoms with Gasteiger partial charge >= 0.3 is 0 Å². The fourth-order valence-electron chi connectivity index (χ4n) is 1.66. The molecule has 0 spiro atoms. The predicted molar refractivity (Wildman–Crippen MR) is 80.0 cm³/mol. The second-order valence-electron chi connectivity index (χ2n) is 4.55. The number of rotatable bonds is 5. The maximum absolute atomic E-state index is 6.22. The Balaban J connectivity index is 2.96. The van der Waals surface area contributed by atoms with Gasteiger partial charge in [-0.2, -0.15) is 0 Å². The van der Waals surface area contributed by atoms with Gasteiger partial charge in [0.2, 0.25) is 0 Å². The fraction of sp³-hybridized carbons (Fsp3) is 0.538. The van der Waals surface area contributed by atoms with Crippen molar-refractivity contribution < 1.29 is 0 Å². The summed E-state index contributed by atoms with van der Waals surface area (Å²) in [4.78, 5) is 0. The maximum Gasteiger partial charge on any atom is 0.0438 e. The van der Waals surface area contributed by atoms with E-state index in [2.05, 4.69) is 57.8 Å². The summed E-state index contributed by atoms with van der Waals surface area (Å²) < 4.78 is 0. The highest BCUT2D eigenvalue weighted by atomic mass is 79.9. The van der Waals surface area contributed by atoms with E-state index in [4.69, 9.17) is 11.6 Å². The zero-order chi connectivity index (χ0) is 12.2. The zero-order valence-corrected chi connectivity index (χ0v) is 13.6. The largest absolute Gasteiger partial charge is 0.0921 e. The molecule has 1 aromatic rings. The van der Waals surface area contributed by atoms with Gasteiger partial charge in [0, 0.05) is 15.7 Å². The standard InChI is InChI=1S/C13H17Br2Cl/c1-10(2)13(8-14,9-15)7-11-5-3-4-6-12(11)16/h3-6,10H,7-9H2,1-2H3. The molecule has 0 radical (unpaired) electrons. The Morgan fingerprint density at radius 1 is 1.19 bits per heavy atom. The minimum Gasteiger partial charge on any atom is -0.0921 e. The summed E-state index contributed by atoms with van der Waals surface area (Å²) in [6.45, 7) is 4.53. The Morgan fingerprint density at radius 3 is 2.19 bits per heavy atom. The maximum atomic E-state index is 6.22. The molecule has 0 N–H and O–H groups in total. The highest BCUT2D eigenvalue weighted by molar-refractivity contribution is 9.09. The average Bonchev–Trinajstić information content (AvgIpc) is 2.28. The van der Waals surface area contributed by atoms with Crippen LogP contribution in [0, 0.1) is 11.3 Å². The fourth-order valence-corrected chi connectivity index (χ4v) is 4.49. The monoisotopic (exact) mass is 366 g/mol. The SMILES string of the molecule is CC(C)C(CBr)(CBr)Cc1ccccc1Cl. The molecule has 0 aliphatic rings. The second kappa shape index (κ2) is 6.42. The normalized spacial score (nSPS) is 12.1. The van der Waals surface area contributed by atoms with Gasteiger partial charge in [-0.25, -0.2) is 0 Å². The van der Waals surface area contributed by atoms with Crippen molar-refractivity contribution in [3.8, 4) is 0 Å². The smallest absolute Gasteiger partial charge is 0.0438 e. The van der Waals surface area contributed by atoms with Gasteiger partial charge in [-0.05, 0) is 29.4 Å². The molecule has 90 valence electrons. The average molecular weight is 369 g/mol. The van der Waals surface area contributed by atoms with Crippen molar-refractivity contribution >= 4 is 43.5 Å². The Bertz CT molecular complexity index is 332. The first-order valence-electron chi connectivity index (χ1n) is 5.41. The van der Waals surface area contributed by atoms with Crippen molar-refractivity contribution in [1.82, 2.24) is 0 Å². The van der Waals surface area contributed by atoms with Crippen molar-refractivity contribution in [1.29, 1.82) is 0 Å². The highest BCUT2D eigenvalue weighted by Crippen LogP contribution is 2.37. The molecule has 16 heavy (non-hydrogen) atoms. The Kier molecular flexibility index (Phi) is 5.83. The summed E-state index contributed by atoms with van der Waals surface area (Å²) in [7, 11) is 0. The van der Waals surface area contributed by atoms with Crippen LogP contribution in [-0.2, 0) is 6.42 Å². The summed E-state index contributed by atoms with van der Waals surface area (Å²) in [6, 6.07) is 8.11. The number of halogens is 3. The summed E-state index contributed by atoms with van der Waals surface area (Å²) in [5, 5.41) is 2.83. The minimum atomic E-state index is 0.227. The van der Waals surface area contributed by atoms with Gasteiger partial charge in [0.15, 0.2) is 0 Å². The van der Waals surface area contributed by atoms with Crippen molar-refractivity contribution in [3.05, 3.63) is 34.9 Å². The molecule has 3 heteroatoms. The topological polar surface area (TPSA) is 0 Å². The van der Waals surface area contributed by atoms with Crippen molar-refractivity contribution in [2.24, 2.45) is 11.3 Å². The lowest BCUT2D eigenvalue weighted by atomic mass is 9.76. The third-order valence-electron chi connectivity index (χ3n) is 3.26. The second-order valence-corrected chi connectivity index (χ2v) is 6.08. The van der Waals surface area contributed by atoms with Crippen LogP contribution in [0.15, 0.2) is 24.3 Å². The zero-order valence-electron chi connectivity index (χ0n) is 9.64. The summed E-state index contributed by atoms with van der Waals surface area (Å²) in [5.74, 6) is 0.600. The molecule has 0 bridgehead atoms. The van der Waals surface area contributed by atoms with Gasteiger partial charge in [0.25, 0.3) is 0 Å². The van der Waals surface area contributed by atoms with Gasteiger partial charge in [0.05, 0.1) is 0 Å². The van der Waals surface area contributed by atoms with Crippen molar-refractivity contribution in [3.63, 3.8) is 0 Å². The number of hydrogen-bond acceptors (Lipinski definition) is 0. The van der Waals surface area contributed by atoms with E-state index in [-0.39, 0.29) is 5.41 Å². The highest BCUT2D eigenvalue weighted by Gasteiger charge is 2.32. The van der Waals surface area contributed by atoms with Crippen LogP contribution in [0.4, 0.5) is 0 Å². The third kappa shape index (κ3) is 3.24. The molecule has 0 fully saturated rings. The van der Waals surface area contributed by atoms with Crippen molar-refractivity contribution in [2.75, 3.05) is 10.7 Å². The van der Waals surface area contributed by atoms with Gasteiger partial charge in [-0.15, -0.1) is 0 Å². The first kappa shape index (κ1) is 14.5. The molecule has 0 aliphatic heterocycles. The predicted octanol–water partition coefficient (Wildman–Crippen LogP) is 5.31. The summed E-state index contributed by atoms with van der Waals surface area (Å²) in [6.07, 6.45) is 1.00. The van der Waals surface area contributed by atoms with Crippen LogP contribution >= 0.6 is 43.5 Å². The number of alkyl halides is 2. The Labute approximate surface area is 120 Å². The van der Waals surface area contributed by atoms with Gasteiger partial charge in [0.1, 0.15) is 0 Å². The molecule has 0 saturated heterocycles. The molecule has 0 aromatic heterocycles. The minimum absolute atomic E-state index is 0.227. The van der Waals surface area contributed by atoms with Crippen LogP contribution in [-0.4, -0.2) is 10.7 Å². The lowest BCUT2D eigenvalue weighted by Gasteiger charge is -2.34. The van der Waals surface area contributed by atoms with E-state index in [1.54, 1.807) is 0 Å². The molecule has 1 aromatic carbocycles. The van der Waals surface area contributed by atoms with E-state index in [1.165, 1.54) is 5.56 Å². The van der Waals surface area contributed by atoms with Crippen LogP contribution in [0.5, 0.6) is 0 Å². The van der Waals surface area contributed by atoms with Gasteiger partial charge < -0.3 is 0 Å². The molecule has 0 atom stereocenters. The quantitative estimate of drug-likeness (QED) is 0.618. The van der Waals surface area contributed by atoms with Gasteiger partial charge in [-0.3, -0.25) is 0 Å². The molecule has 0 aliphatic carbocycles. The Morgan fingerprint density at radius 2 is 1.75 bits per heavy atom. The van der Waals surface area contributed by atoms with Crippen LogP contribution in [0.2, 0.25) is 5.02 Å². The van der Waals surface area contributed by atoms with Crippen molar-refractivity contribution in [2.45, 2.75) is 20.3 Å². The lowest BCUT2D eigenvalue weighted by Crippen LogP contribution is -2.33. The molecule has 0 heterocycles. The van der Waals surface area contributed by atoms with E-state index in [0.29, 0.717) is 5.92 Å². The van der Waals surface area contributed by atoms with Crippen LogP contribution in [0.1, 0.15) is 19.4 Å². The summed E-state index contributed by atoms with van der Waals surface area (Å²) in [5.41, 5.74) is 1.46. The van der Waals surface area contributed by atoms with E-state index >= 15 is 0 Å². The molecule has 0 saturated carbocycles. The van der Waals surface area contributed by atoms with E-state index < -0.39 is 0 Å². The lowest BCUT2D eigenvalue weighted by molar-refractivity contribution is 0.268. The van der Waals surface area contributed by atoms with E-state index in [1.807, 2.05) is 12.1 Å². The molecular weight excluding hydrogens is 351 g/mol. The molecule has 0 nitrogen and oxygen atoms in total. The van der Waals surface area contributed by atoms with Crippen LogP contribution in [0.3, 0.4) is 0 Å². The summed E-state index contributed by atoms with van der Waals surface area (Å²) >= 11 is 13.5. The third-order valence-corrected chi connectivity index (χ3v) is 5.86. The number of hydrogen-bond donors (Lipinski definition) is 0. The molecule has 0 amide bonds.